The van der Waals surface area contributed by atoms with Crippen molar-refractivity contribution in [1.29, 1.82) is 0 Å². The molecule has 6 rings (SSSR count). The third kappa shape index (κ3) is 4.87. The third-order valence-corrected chi connectivity index (χ3v) is 7.99. The molecule has 184 valence electrons. The van der Waals surface area contributed by atoms with Gasteiger partial charge in [-0.15, -0.1) is 11.6 Å². The third-order valence-electron chi connectivity index (χ3n) is 7.54. The standard InChI is InChI=1S/C27H29ClN2O5/c1-34-22-5-3-2-4-21(22)30-24(32)19-6-8-20(9-7-19)29-23(31)15-35-25(33)26-11-17-10-18(12-26)14-27(28,13-17)16-26/h2-9,17-18H,10-16H2,1H3,(H,29,31)(H,30,32)/t17-,18-,26?,27?/m1/s1. The maximum Gasteiger partial charge on any atom is 0.312 e. The summed E-state index contributed by atoms with van der Waals surface area (Å²) in [5, 5.41) is 5.53. The van der Waals surface area contributed by atoms with Crippen LogP contribution in [0.2, 0.25) is 0 Å². The fourth-order valence-electron chi connectivity index (χ4n) is 6.52. The van der Waals surface area contributed by atoms with E-state index >= 15 is 0 Å². The Labute approximate surface area is 209 Å². The quantitative estimate of drug-likeness (QED) is 0.415. The second-order valence-corrected chi connectivity index (χ2v) is 11.1. The van der Waals surface area contributed by atoms with Gasteiger partial charge in [-0.1, -0.05) is 12.1 Å². The number of methoxy groups -OCH3 is 1. The molecule has 8 heteroatoms. The summed E-state index contributed by atoms with van der Waals surface area (Å²) in [5.74, 6) is 0.510. The van der Waals surface area contributed by atoms with Crippen LogP contribution < -0.4 is 15.4 Å². The lowest BCUT2D eigenvalue weighted by atomic mass is 9.49. The van der Waals surface area contributed by atoms with Crippen molar-refractivity contribution in [1.82, 2.24) is 0 Å². The highest BCUT2D eigenvalue weighted by Crippen LogP contribution is 2.64. The van der Waals surface area contributed by atoms with Crippen LogP contribution in [0.1, 0.15) is 48.9 Å². The maximum absolute atomic E-state index is 13.0. The average Bonchev–Trinajstić information content (AvgIpc) is 2.81. The SMILES string of the molecule is COc1ccccc1NC(=O)c1ccc(NC(=O)COC(=O)C23C[C@H]4C[C@@H](CC(Cl)(C4)C2)C3)cc1. The Morgan fingerprint density at radius 3 is 2.31 bits per heavy atom. The Balaban J connectivity index is 1.14. The number of nitrogens with one attached hydrogen (secondary N) is 2. The molecule has 7 nitrogen and oxygen atoms in total. The van der Waals surface area contributed by atoms with Crippen molar-refractivity contribution in [3.63, 3.8) is 0 Å². The van der Waals surface area contributed by atoms with Gasteiger partial charge in [-0.2, -0.15) is 0 Å². The molecule has 2 aromatic carbocycles. The fraction of sp³-hybridized carbons (Fsp3) is 0.444. The van der Waals surface area contributed by atoms with Crippen molar-refractivity contribution >= 4 is 40.8 Å². The number of halogens is 1. The number of para-hydroxylation sites is 2. The topological polar surface area (TPSA) is 93.7 Å². The first-order valence-electron chi connectivity index (χ1n) is 12.0. The maximum atomic E-state index is 13.0. The van der Waals surface area contributed by atoms with Crippen molar-refractivity contribution in [2.24, 2.45) is 17.3 Å². The Hall–Kier alpha value is -3.06. The molecular formula is C27H29ClN2O5. The predicted molar refractivity (Wildman–Crippen MR) is 133 cm³/mol. The summed E-state index contributed by atoms with van der Waals surface area (Å²) in [4.78, 5) is 37.7. The molecule has 0 radical (unpaired) electrons. The van der Waals surface area contributed by atoms with Gasteiger partial charge < -0.3 is 20.1 Å². The van der Waals surface area contributed by atoms with E-state index in [1.165, 1.54) is 7.11 Å². The van der Waals surface area contributed by atoms with E-state index in [-0.39, 0.29) is 23.4 Å². The van der Waals surface area contributed by atoms with E-state index in [1.54, 1.807) is 42.5 Å². The molecule has 0 spiro atoms. The number of rotatable bonds is 7. The van der Waals surface area contributed by atoms with Crippen LogP contribution in [0.3, 0.4) is 0 Å². The highest BCUT2D eigenvalue weighted by molar-refractivity contribution is 6.24. The summed E-state index contributed by atoms with van der Waals surface area (Å²) in [6.07, 6.45) is 5.39. The van der Waals surface area contributed by atoms with Gasteiger partial charge >= 0.3 is 5.97 Å². The smallest absolute Gasteiger partial charge is 0.312 e. The molecule has 4 aliphatic carbocycles. The molecule has 0 aliphatic heterocycles. The number of hydrogen-bond donors (Lipinski definition) is 2. The number of carbonyl (C=O) groups is 3. The number of anilines is 2. The van der Waals surface area contributed by atoms with Gasteiger partial charge in [0.05, 0.1) is 18.2 Å². The van der Waals surface area contributed by atoms with E-state index in [0.717, 1.165) is 32.1 Å². The second kappa shape index (κ2) is 9.19. The summed E-state index contributed by atoms with van der Waals surface area (Å²) >= 11 is 6.81. The lowest BCUT2D eigenvalue weighted by molar-refractivity contribution is -0.171. The molecule has 0 heterocycles. The fourth-order valence-corrected chi connectivity index (χ4v) is 7.21. The Bertz CT molecular complexity index is 1130. The van der Waals surface area contributed by atoms with Crippen LogP contribution in [0.4, 0.5) is 11.4 Å². The van der Waals surface area contributed by atoms with Crippen LogP contribution in [0, 0.1) is 17.3 Å². The minimum Gasteiger partial charge on any atom is -0.495 e. The summed E-state index contributed by atoms with van der Waals surface area (Å²) in [5.41, 5.74) is 0.965. The highest BCUT2D eigenvalue weighted by Gasteiger charge is 2.60. The largest absolute Gasteiger partial charge is 0.495 e. The van der Waals surface area contributed by atoms with Crippen LogP contribution in [0.15, 0.2) is 48.5 Å². The summed E-state index contributed by atoms with van der Waals surface area (Å²) < 4.78 is 10.7. The van der Waals surface area contributed by atoms with E-state index < -0.39 is 11.3 Å². The number of benzene rings is 2. The predicted octanol–water partition coefficient (Wildman–Crippen LogP) is 5.01. The van der Waals surface area contributed by atoms with Gasteiger partial charge in [0, 0.05) is 16.1 Å². The van der Waals surface area contributed by atoms with Crippen LogP contribution >= 0.6 is 11.6 Å². The van der Waals surface area contributed by atoms with Gasteiger partial charge in [-0.3, -0.25) is 14.4 Å². The zero-order chi connectivity index (χ0) is 24.6. The molecule has 4 fully saturated rings. The zero-order valence-electron chi connectivity index (χ0n) is 19.6. The number of esters is 1. The van der Waals surface area contributed by atoms with E-state index in [1.807, 2.05) is 6.07 Å². The molecule has 4 aliphatic rings. The average molecular weight is 497 g/mol. The van der Waals surface area contributed by atoms with Crippen molar-refractivity contribution in [3.8, 4) is 5.75 Å². The van der Waals surface area contributed by atoms with Crippen LogP contribution in [-0.4, -0.2) is 36.4 Å². The Morgan fingerprint density at radius 2 is 1.66 bits per heavy atom. The van der Waals surface area contributed by atoms with E-state index in [4.69, 9.17) is 21.1 Å². The zero-order valence-corrected chi connectivity index (χ0v) is 20.4. The number of hydrogen-bond acceptors (Lipinski definition) is 5. The Kier molecular flexibility index (Phi) is 6.21. The number of carbonyl (C=O) groups excluding carboxylic acids is 3. The minimum atomic E-state index is -0.539. The molecule has 2 N–H and O–H groups in total. The lowest BCUT2D eigenvalue weighted by Crippen LogP contribution is -2.56. The van der Waals surface area contributed by atoms with Gasteiger partial charge in [0.2, 0.25) is 0 Å². The normalized spacial score (nSPS) is 28.3. The molecule has 4 saturated carbocycles. The van der Waals surface area contributed by atoms with Crippen molar-refractivity contribution in [2.45, 2.75) is 43.4 Å². The highest BCUT2D eigenvalue weighted by atomic mass is 35.5. The lowest BCUT2D eigenvalue weighted by Gasteiger charge is -2.58. The molecule has 0 saturated heterocycles. The molecule has 35 heavy (non-hydrogen) atoms. The van der Waals surface area contributed by atoms with Gasteiger partial charge in [-0.25, -0.2) is 0 Å². The van der Waals surface area contributed by atoms with E-state index in [2.05, 4.69) is 10.6 Å². The first-order chi connectivity index (χ1) is 16.8. The molecule has 0 aromatic heterocycles. The molecule has 2 aromatic rings. The van der Waals surface area contributed by atoms with Crippen molar-refractivity contribution < 1.29 is 23.9 Å². The van der Waals surface area contributed by atoms with Crippen molar-refractivity contribution in [2.75, 3.05) is 24.4 Å². The second-order valence-electron chi connectivity index (χ2n) is 10.2. The summed E-state index contributed by atoms with van der Waals surface area (Å²) in [6, 6.07) is 13.6. The van der Waals surface area contributed by atoms with Crippen LogP contribution in [0.25, 0.3) is 0 Å². The van der Waals surface area contributed by atoms with Gasteiger partial charge in [0.15, 0.2) is 6.61 Å². The van der Waals surface area contributed by atoms with Gasteiger partial charge in [0.25, 0.3) is 11.8 Å². The number of ether oxygens (including phenoxy) is 2. The monoisotopic (exact) mass is 496 g/mol. The van der Waals surface area contributed by atoms with Gasteiger partial charge in [0.1, 0.15) is 5.75 Å². The van der Waals surface area contributed by atoms with Gasteiger partial charge in [-0.05, 0) is 86.8 Å². The molecule has 2 atom stereocenters. The van der Waals surface area contributed by atoms with Crippen molar-refractivity contribution in [3.05, 3.63) is 54.1 Å². The number of amides is 2. The molecular weight excluding hydrogens is 468 g/mol. The van der Waals surface area contributed by atoms with E-state index in [9.17, 15) is 14.4 Å². The summed E-state index contributed by atoms with van der Waals surface area (Å²) in [7, 11) is 1.54. The number of alkyl halides is 1. The molecule has 0 unspecified atom stereocenters. The van der Waals surface area contributed by atoms with E-state index in [0.29, 0.717) is 40.9 Å². The first kappa shape index (κ1) is 23.7. The van der Waals surface area contributed by atoms with Crippen LogP contribution in [0.5, 0.6) is 5.75 Å². The summed E-state index contributed by atoms with van der Waals surface area (Å²) in [6.45, 7) is -0.346. The van der Waals surface area contributed by atoms with Crippen LogP contribution in [-0.2, 0) is 14.3 Å². The molecule has 2 amide bonds. The minimum absolute atomic E-state index is 0.287. The Morgan fingerprint density at radius 1 is 0.971 bits per heavy atom. The first-order valence-corrected chi connectivity index (χ1v) is 12.4. The molecule has 4 bridgehead atoms.